The van der Waals surface area contributed by atoms with Crippen molar-refractivity contribution in [1.29, 1.82) is 0 Å². The number of allylic oxidation sites excluding steroid dienone is 5. The van der Waals surface area contributed by atoms with Gasteiger partial charge in [0.1, 0.15) is 5.78 Å². The van der Waals surface area contributed by atoms with Gasteiger partial charge in [-0.15, -0.1) is 0 Å². The molecule has 0 saturated heterocycles. The highest BCUT2D eigenvalue weighted by molar-refractivity contribution is 5.78. The molecule has 0 fully saturated rings. The lowest BCUT2D eigenvalue weighted by Gasteiger charge is -2.05. The van der Waals surface area contributed by atoms with Crippen molar-refractivity contribution in [2.75, 3.05) is 0 Å². The lowest BCUT2D eigenvalue weighted by Crippen LogP contribution is -1.94. The third-order valence-electron chi connectivity index (χ3n) is 2.16. The number of nitrogens with zero attached hydrogens (tertiary/aromatic N) is 1. The van der Waals surface area contributed by atoms with Crippen LogP contribution in [0.3, 0.4) is 0 Å². The Hall–Kier alpha value is -1.44. The van der Waals surface area contributed by atoms with Crippen molar-refractivity contribution in [2.45, 2.75) is 40.0 Å². The predicted octanol–water partition coefficient (Wildman–Crippen LogP) is 3.85. The fourth-order valence-corrected chi connectivity index (χ4v) is 1.45. The maximum Gasteiger partial charge on any atom is 0.133 e. The van der Waals surface area contributed by atoms with E-state index in [4.69, 9.17) is 0 Å². The molecule has 0 amide bonds. The number of rotatable bonds is 7. The predicted molar refractivity (Wildman–Crippen MR) is 70.7 cm³/mol. The van der Waals surface area contributed by atoms with Crippen LogP contribution in [0.25, 0.3) is 0 Å². The van der Waals surface area contributed by atoms with Gasteiger partial charge in [-0.25, -0.2) is 0 Å². The molecule has 0 rings (SSSR count). The summed E-state index contributed by atoms with van der Waals surface area (Å²) in [4.78, 5) is 15.3. The highest BCUT2D eigenvalue weighted by Crippen LogP contribution is 2.16. The van der Waals surface area contributed by atoms with Crippen molar-refractivity contribution in [3.8, 4) is 0 Å². The highest BCUT2D eigenvalue weighted by Gasteiger charge is 2.02. The number of carbonyl (C=O) groups excluding carboxylic acids is 1. The standard InChI is InChI=1S/C14H21NO/c1-5-8-13(11-12(4)16)9-10-14(6-2)15-7-3/h5-8H,1,9-11H2,2-4H3/b13-8+,14-6+,15-7?. The topological polar surface area (TPSA) is 29.4 Å². The van der Waals surface area contributed by atoms with Gasteiger partial charge >= 0.3 is 0 Å². The molecule has 0 atom stereocenters. The third kappa shape index (κ3) is 6.93. The number of aliphatic imine (C=N–C) groups is 1. The van der Waals surface area contributed by atoms with Crippen LogP contribution < -0.4 is 0 Å². The van der Waals surface area contributed by atoms with E-state index in [1.807, 2.05) is 26.0 Å². The van der Waals surface area contributed by atoms with Crippen molar-refractivity contribution in [2.24, 2.45) is 4.99 Å². The van der Waals surface area contributed by atoms with E-state index >= 15 is 0 Å². The monoisotopic (exact) mass is 219 g/mol. The van der Waals surface area contributed by atoms with Gasteiger partial charge in [-0.05, 0) is 33.6 Å². The second-order valence-corrected chi connectivity index (χ2v) is 3.61. The average molecular weight is 219 g/mol. The molecule has 0 spiro atoms. The van der Waals surface area contributed by atoms with Crippen LogP contribution in [0.15, 0.2) is 41.1 Å². The Kier molecular flexibility index (Phi) is 8.04. The van der Waals surface area contributed by atoms with E-state index in [1.165, 1.54) is 0 Å². The van der Waals surface area contributed by atoms with Gasteiger partial charge in [0, 0.05) is 18.3 Å². The van der Waals surface area contributed by atoms with E-state index in [0.29, 0.717) is 6.42 Å². The number of Topliss-reactive ketones (excluding diaryl/α,β-unsaturated/α-hetero) is 1. The van der Waals surface area contributed by atoms with Crippen LogP contribution in [0.4, 0.5) is 0 Å². The normalized spacial score (nSPS) is 13.2. The van der Waals surface area contributed by atoms with Crippen LogP contribution >= 0.6 is 0 Å². The molecule has 2 heteroatoms. The first-order valence-electron chi connectivity index (χ1n) is 5.57. The lowest BCUT2D eigenvalue weighted by atomic mass is 10.0. The van der Waals surface area contributed by atoms with Crippen LogP contribution in [0.1, 0.15) is 40.0 Å². The van der Waals surface area contributed by atoms with Crippen LogP contribution in [-0.4, -0.2) is 12.0 Å². The molecule has 0 aliphatic heterocycles. The molecule has 0 aromatic heterocycles. The second-order valence-electron chi connectivity index (χ2n) is 3.61. The Bertz CT molecular complexity index is 322. The number of carbonyl (C=O) groups is 1. The van der Waals surface area contributed by atoms with E-state index in [9.17, 15) is 4.79 Å². The summed E-state index contributed by atoms with van der Waals surface area (Å²) in [5.74, 6) is 0.189. The molecule has 0 heterocycles. The van der Waals surface area contributed by atoms with Crippen molar-refractivity contribution in [3.05, 3.63) is 36.1 Å². The number of ketones is 1. The Morgan fingerprint density at radius 3 is 2.44 bits per heavy atom. The molecule has 0 radical (unpaired) electrons. The molecule has 0 unspecified atom stereocenters. The van der Waals surface area contributed by atoms with Crippen molar-refractivity contribution >= 4 is 12.0 Å². The highest BCUT2D eigenvalue weighted by atomic mass is 16.1. The van der Waals surface area contributed by atoms with Gasteiger partial charge in [-0.2, -0.15) is 0 Å². The Morgan fingerprint density at radius 1 is 1.31 bits per heavy atom. The molecule has 0 aromatic carbocycles. The minimum absolute atomic E-state index is 0.189. The molecule has 16 heavy (non-hydrogen) atoms. The van der Waals surface area contributed by atoms with Crippen LogP contribution in [0.2, 0.25) is 0 Å². The first-order chi connectivity index (χ1) is 7.63. The first kappa shape index (κ1) is 14.6. The molecular weight excluding hydrogens is 198 g/mol. The number of hydrogen-bond acceptors (Lipinski definition) is 2. The first-order valence-corrected chi connectivity index (χ1v) is 5.57. The average Bonchev–Trinajstić information content (AvgIpc) is 2.23. The zero-order valence-electron chi connectivity index (χ0n) is 10.5. The van der Waals surface area contributed by atoms with Crippen molar-refractivity contribution < 1.29 is 4.79 Å². The van der Waals surface area contributed by atoms with E-state index < -0.39 is 0 Å². The van der Waals surface area contributed by atoms with Gasteiger partial charge in [0.15, 0.2) is 0 Å². The fraction of sp³-hybridized carbons (Fsp3) is 0.429. The van der Waals surface area contributed by atoms with E-state index in [1.54, 1.807) is 19.2 Å². The maximum absolute atomic E-state index is 11.0. The Balaban J connectivity index is 4.37. The van der Waals surface area contributed by atoms with E-state index in [2.05, 4.69) is 11.6 Å². The summed E-state index contributed by atoms with van der Waals surface area (Å²) in [6, 6.07) is 0. The molecule has 88 valence electrons. The molecule has 0 bridgehead atoms. The molecule has 0 N–H and O–H groups in total. The Labute approximate surface area is 98.5 Å². The summed E-state index contributed by atoms with van der Waals surface area (Å²) < 4.78 is 0. The van der Waals surface area contributed by atoms with Gasteiger partial charge < -0.3 is 0 Å². The summed E-state index contributed by atoms with van der Waals surface area (Å²) in [5, 5.41) is 0. The largest absolute Gasteiger partial charge is 0.300 e. The van der Waals surface area contributed by atoms with Crippen LogP contribution in [-0.2, 0) is 4.79 Å². The van der Waals surface area contributed by atoms with Crippen molar-refractivity contribution in [3.63, 3.8) is 0 Å². The Morgan fingerprint density at radius 2 is 2.00 bits per heavy atom. The third-order valence-corrected chi connectivity index (χ3v) is 2.16. The van der Waals surface area contributed by atoms with Gasteiger partial charge in [-0.3, -0.25) is 9.79 Å². The summed E-state index contributed by atoms with van der Waals surface area (Å²) in [6.07, 6.45) is 9.69. The quantitative estimate of drug-likeness (QED) is 0.472. The van der Waals surface area contributed by atoms with Crippen molar-refractivity contribution in [1.82, 2.24) is 0 Å². The summed E-state index contributed by atoms with van der Waals surface area (Å²) in [5.41, 5.74) is 2.18. The molecule has 0 aliphatic rings. The van der Waals surface area contributed by atoms with E-state index in [0.717, 1.165) is 24.1 Å². The molecule has 2 nitrogen and oxygen atoms in total. The van der Waals surface area contributed by atoms with Crippen LogP contribution in [0.5, 0.6) is 0 Å². The molecule has 0 saturated carbocycles. The minimum Gasteiger partial charge on any atom is -0.300 e. The molecular formula is C14H21NO. The van der Waals surface area contributed by atoms with Gasteiger partial charge in [0.25, 0.3) is 0 Å². The second kappa shape index (κ2) is 8.84. The van der Waals surface area contributed by atoms with Gasteiger partial charge in [-0.1, -0.05) is 30.4 Å². The fourth-order valence-electron chi connectivity index (χ4n) is 1.45. The van der Waals surface area contributed by atoms with Crippen LogP contribution in [0, 0.1) is 0 Å². The SMILES string of the molecule is C=C/C=C(\CC/C(=C\C)N=CC)CC(C)=O. The summed E-state index contributed by atoms with van der Waals surface area (Å²) in [7, 11) is 0. The zero-order chi connectivity index (χ0) is 12.4. The smallest absolute Gasteiger partial charge is 0.133 e. The maximum atomic E-state index is 11.0. The summed E-state index contributed by atoms with van der Waals surface area (Å²) >= 11 is 0. The summed E-state index contributed by atoms with van der Waals surface area (Å²) in [6.45, 7) is 9.15. The zero-order valence-corrected chi connectivity index (χ0v) is 10.5. The number of hydrogen-bond donors (Lipinski definition) is 0. The molecule has 0 aliphatic carbocycles. The molecule has 0 aromatic rings. The lowest BCUT2D eigenvalue weighted by molar-refractivity contribution is -0.116. The van der Waals surface area contributed by atoms with Gasteiger partial charge in [0.05, 0.1) is 0 Å². The van der Waals surface area contributed by atoms with Gasteiger partial charge in [0.2, 0.25) is 0 Å². The van der Waals surface area contributed by atoms with E-state index in [-0.39, 0.29) is 5.78 Å². The minimum atomic E-state index is 0.189.